The van der Waals surface area contributed by atoms with Crippen molar-refractivity contribution in [3.63, 3.8) is 0 Å². The van der Waals surface area contributed by atoms with Crippen LogP contribution in [0.15, 0.2) is 36.9 Å². The number of aromatic nitrogens is 3. The van der Waals surface area contributed by atoms with Gasteiger partial charge in [0, 0.05) is 49.6 Å². The Balaban J connectivity index is 1.41. The molecule has 2 aliphatic carbocycles. The maximum Gasteiger partial charge on any atom is 0.306 e. The second-order valence-electron chi connectivity index (χ2n) is 16.7. The number of nitrogens with zero attached hydrogens (tertiary/aromatic N) is 5. The van der Waals surface area contributed by atoms with Gasteiger partial charge in [-0.1, -0.05) is 53.4 Å². The summed E-state index contributed by atoms with van der Waals surface area (Å²) < 4.78 is 33.8. The van der Waals surface area contributed by atoms with Crippen molar-refractivity contribution in [2.24, 2.45) is 17.2 Å². The summed E-state index contributed by atoms with van der Waals surface area (Å²) in [5.74, 6) is -1.85. The number of pyridine rings is 1. The number of halogens is 2. The molecule has 5 N–H and O–H groups in total. The first kappa shape index (κ1) is 44.0. The van der Waals surface area contributed by atoms with Crippen LogP contribution in [0, 0.1) is 11.3 Å². The van der Waals surface area contributed by atoms with E-state index in [1.807, 2.05) is 0 Å². The Kier molecular flexibility index (Phi) is 14.1. The number of ether oxygens (including phenoxy) is 1. The van der Waals surface area contributed by atoms with Crippen LogP contribution in [0.1, 0.15) is 115 Å². The molecule has 16 nitrogen and oxygen atoms in total. The zero-order valence-corrected chi connectivity index (χ0v) is 33.7. The minimum Gasteiger partial charge on any atom is -0.472 e. The van der Waals surface area contributed by atoms with Crippen LogP contribution < -0.4 is 26.5 Å². The fourth-order valence-electron chi connectivity index (χ4n) is 7.42. The molecule has 1 aliphatic heterocycles. The highest BCUT2D eigenvalue weighted by atomic mass is 19.3. The van der Waals surface area contributed by atoms with Gasteiger partial charge < -0.3 is 25.6 Å². The first-order valence-electron chi connectivity index (χ1n) is 20.0. The Bertz CT molecular complexity index is 1800. The number of carbonyl (C=O) groups excluding carboxylic acids is 6. The number of rotatable bonds is 16. The Hall–Kier alpha value is -5.13. The highest BCUT2D eigenvalue weighted by molar-refractivity contribution is 6.38. The van der Waals surface area contributed by atoms with E-state index in [-0.39, 0.29) is 48.5 Å². The fraction of sp³-hybridized carbons (Fsp3) is 0.625. The van der Waals surface area contributed by atoms with Gasteiger partial charge in [-0.2, -0.15) is 0 Å². The van der Waals surface area contributed by atoms with E-state index >= 15 is 0 Å². The molecule has 5 rings (SSSR count). The molecule has 0 aromatic carbocycles. The van der Waals surface area contributed by atoms with E-state index in [9.17, 15) is 37.5 Å². The highest BCUT2D eigenvalue weighted by Gasteiger charge is 2.48. The number of alkyl halides is 2. The summed E-state index contributed by atoms with van der Waals surface area (Å²) in [6.07, 6.45) is 10.0. The molecule has 5 atom stereocenters. The van der Waals surface area contributed by atoms with E-state index < -0.39 is 76.9 Å². The average molecular weight is 812 g/mol. The van der Waals surface area contributed by atoms with Crippen molar-refractivity contribution in [1.29, 1.82) is 0 Å². The Morgan fingerprint density at radius 2 is 1.66 bits per heavy atom. The largest absolute Gasteiger partial charge is 0.472 e. The molecule has 5 amide bonds. The van der Waals surface area contributed by atoms with Gasteiger partial charge in [-0.3, -0.25) is 38.8 Å². The molecule has 0 radical (unpaired) electrons. The molecule has 316 valence electrons. The molecule has 4 unspecified atom stereocenters. The molecule has 58 heavy (non-hydrogen) atoms. The Morgan fingerprint density at radius 3 is 2.22 bits per heavy atom. The first-order chi connectivity index (χ1) is 27.4. The van der Waals surface area contributed by atoms with Crippen LogP contribution in [0.25, 0.3) is 0 Å². The predicted octanol–water partition coefficient (Wildman–Crippen LogP) is 2.96. The lowest BCUT2D eigenvalue weighted by molar-refractivity contribution is -0.148. The number of Topliss-reactive ketones (excluding diaryl/α,β-unsaturated/α-hetero) is 1. The molecular formula is C40H55F2N9O7. The summed E-state index contributed by atoms with van der Waals surface area (Å²) in [5.41, 5.74) is -1.23. The summed E-state index contributed by atoms with van der Waals surface area (Å²) in [6, 6.07) is -2.53. The van der Waals surface area contributed by atoms with E-state index in [0.717, 1.165) is 37.4 Å². The third kappa shape index (κ3) is 11.1. The molecule has 3 fully saturated rings. The average Bonchev–Trinajstić information content (AvgIpc) is 3.96. The number of hydrogen-bond acceptors (Lipinski definition) is 11. The zero-order valence-electron chi connectivity index (χ0n) is 33.7. The van der Waals surface area contributed by atoms with Gasteiger partial charge in [0.2, 0.25) is 29.4 Å². The summed E-state index contributed by atoms with van der Waals surface area (Å²) in [4.78, 5) is 96.2. The maximum atomic E-state index is 14.8. The van der Waals surface area contributed by atoms with Crippen LogP contribution >= 0.6 is 0 Å². The summed E-state index contributed by atoms with van der Waals surface area (Å²) >= 11 is 0. The molecule has 2 saturated carbocycles. The van der Waals surface area contributed by atoms with Crippen LogP contribution in [-0.4, -0.2) is 103 Å². The van der Waals surface area contributed by atoms with Crippen LogP contribution in [0.2, 0.25) is 0 Å². The third-order valence-electron chi connectivity index (χ3n) is 10.9. The topological polar surface area (TPSA) is 219 Å². The number of nitrogens with two attached hydrogens (primary N) is 1. The molecule has 18 heteroatoms. The normalized spacial score (nSPS) is 20.3. The van der Waals surface area contributed by atoms with E-state index in [1.54, 1.807) is 27.7 Å². The van der Waals surface area contributed by atoms with Gasteiger partial charge in [0.1, 0.15) is 29.9 Å². The minimum absolute atomic E-state index is 0.0194. The quantitative estimate of drug-likeness (QED) is 0.0836. The van der Waals surface area contributed by atoms with Gasteiger partial charge in [-0.15, -0.1) is 0 Å². The van der Waals surface area contributed by atoms with Crippen molar-refractivity contribution in [1.82, 2.24) is 40.8 Å². The van der Waals surface area contributed by atoms with E-state index in [0.29, 0.717) is 32.1 Å². The van der Waals surface area contributed by atoms with Crippen molar-refractivity contribution >= 4 is 35.3 Å². The van der Waals surface area contributed by atoms with Crippen molar-refractivity contribution in [2.45, 2.75) is 141 Å². The minimum atomic E-state index is -3.14. The molecule has 2 aromatic heterocycles. The van der Waals surface area contributed by atoms with Gasteiger partial charge in [-0.25, -0.2) is 24.6 Å². The van der Waals surface area contributed by atoms with Crippen LogP contribution in [0.5, 0.6) is 5.88 Å². The summed E-state index contributed by atoms with van der Waals surface area (Å²) in [6.45, 7) is 7.59. The molecule has 2 aromatic rings. The summed E-state index contributed by atoms with van der Waals surface area (Å²) in [5, 5.41) is 9.30. The molecule has 0 bridgehead atoms. The molecular weight excluding hydrogens is 756 g/mol. The van der Waals surface area contributed by atoms with Crippen molar-refractivity contribution in [3.05, 3.63) is 48.2 Å². The van der Waals surface area contributed by atoms with Gasteiger partial charge in [0.15, 0.2) is 0 Å². The van der Waals surface area contributed by atoms with Crippen molar-refractivity contribution in [2.75, 3.05) is 6.54 Å². The smallest absolute Gasteiger partial charge is 0.306 e. The summed E-state index contributed by atoms with van der Waals surface area (Å²) in [7, 11) is 0. The lowest BCUT2D eigenvalue weighted by atomic mass is 9.82. The van der Waals surface area contributed by atoms with E-state index in [2.05, 4.69) is 30.9 Å². The number of ketones is 1. The number of hydrogen-bond donors (Lipinski definition) is 4. The van der Waals surface area contributed by atoms with Gasteiger partial charge in [0.05, 0.1) is 18.8 Å². The number of hydrazine groups is 1. The fourth-order valence-corrected chi connectivity index (χ4v) is 7.42. The molecule has 3 aliphatic rings. The maximum absolute atomic E-state index is 14.8. The predicted molar refractivity (Wildman–Crippen MR) is 205 cm³/mol. The second-order valence-corrected chi connectivity index (χ2v) is 16.7. The standard InChI is InChI=1S/C40H55F2N9O7/c1-6-10-27(32(52)37(56)51(43)25-14-15-25)47-35(54)29-19-26(58-30-16-13-24(20-46-30)40(5,41)42)22-50(29)38(57)33(39(2,3)4)49-36(55)31(23-11-8-7-9-12-23)48-34(53)28-21-44-17-18-45-28/h13,16-18,20-21,23,25-27,29,31,33H,6-12,14-15,19,22,43H2,1-5H3,(H,47,54)(H,48,53)(H,49,55)/t26-,27?,29?,31?,33?/m0/s1. The Labute approximate surface area is 336 Å². The molecule has 0 spiro atoms. The highest BCUT2D eigenvalue weighted by Crippen LogP contribution is 2.32. The molecule has 1 saturated heterocycles. The van der Waals surface area contributed by atoms with E-state index in [4.69, 9.17) is 10.6 Å². The monoisotopic (exact) mass is 811 g/mol. The second kappa shape index (κ2) is 18.6. The van der Waals surface area contributed by atoms with Gasteiger partial charge in [-0.05, 0) is 49.5 Å². The van der Waals surface area contributed by atoms with E-state index in [1.165, 1.54) is 35.6 Å². The molecule has 3 heterocycles. The Morgan fingerprint density at radius 1 is 0.948 bits per heavy atom. The van der Waals surface area contributed by atoms with Gasteiger partial charge in [0.25, 0.3) is 11.8 Å². The lowest BCUT2D eigenvalue weighted by Crippen LogP contribution is -2.62. The van der Waals surface area contributed by atoms with Crippen LogP contribution in [-0.2, 0) is 29.9 Å². The zero-order chi connectivity index (χ0) is 42.4. The van der Waals surface area contributed by atoms with Crippen LogP contribution in [0.3, 0.4) is 0 Å². The van der Waals surface area contributed by atoms with Crippen molar-refractivity contribution in [3.8, 4) is 5.88 Å². The number of carbonyl (C=O) groups is 6. The van der Waals surface area contributed by atoms with Crippen LogP contribution in [0.4, 0.5) is 8.78 Å². The van der Waals surface area contributed by atoms with Crippen molar-refractivity contribution < 1.29 is 42.3 Å². The number of nitrogens with one attached hydrogen (secondary N) is 3. The first-order valence-corrected chi connectivity index (χ1v) is 20.0. The third-order valence-corrected chi connectivity index (χ3v) is 10.9. The number of amides is 5. The van der Waals surface area contributed by atoms with Gasteiger partial charge >= 0.3 is 5.91 Å². The SMILES string of the molecule is CCCC(NC(=O)C1C[C@H](Oc2ccc(C(C)(F)F)cn2)CN1C(=O)C(NC(=O)C(NC(=O)c1cnccn1)C1CCCCC1)C(C)(C)C)C(=O)C(=O)N(N)C1CC1. The lowest BCUT2D eigenvalue weighted by Gasteiger charge is -2.37. The number of likely N-dealkylation sites (tertiary alicyclic amines) is 1.